The normalized spacial score (nSPS) is 2.33. The number of nitrogens with zero attached hydrogens (tertiary/aromatic N) is 2. The van der Waals surface area contributed by atoms with E-state index in [1.165, 1.54) is 12.1 Å². The lowest BCUT2D eigenvalue weighted by molar-refractivity contribution is -0.0979. The average molecular weight is 82.1 g/mol. The zero-order valence-electron chi connectivity index (χ0n) is 3.01. The Kier molecular flexibility index (Phi) is 89.2. The predicted molar refractivity (Wildman–Crippen MR) is 18.3 cm³/mol. The zero-order valence-corrected chi connectivity index (χ0v) is 3.01. The van der Waals surface area contributed by atoms with Gasteiger partial charge in [-0.3, -0.25) is 0 Å². The summed E-state index contributed by atoms with van der Waals surface area (Å²) in [5.41, 5.74) is 0. The Balaban J connectivity index is 0. The molecule has 3 heteroatoms. The van der Waals surface area contributed by atoms with Crippen LogP contribution in [0.1, 0.15) is 0 Å². The first-order valence-electron chi connectivity index (χ1n) is 0.986. The fourth-order valence-electron chi connectivity index (χ4n) is 0. The summed E-state index contributed by atoms with van der Waals surface area (Å²) in [6, 6.07) is 2.47. The smallest absolute Gasteiger partial charge is 0.181 e. The molecule has 0 atom stereocenters. The summed E-state index contributed by atoms with van der Waals surface area (Å²) in [5, 5.41) is 14.5. The van der Waals surface area contributed by atoms with Gasteiger partial charge in [-0.2, -0.15) is 10.5 Å². The Bertz CT molecular complexity index is 73.9. The largest absolute Gasteiger partial charge is 0.307 e. The molecule has 0 amide bonds. The van der Waals surface area contributed by atoms with Crippen molar-refractivity contribution in [1.82, 2.24) is 0 Å². The van der Waals surface area contributed by atoms with E-state index >= 15 is 0 Å². The van der Waals surface area contributed by atoms with Gasteiger partial charge >= 0.3 is 0 Å². The van der Waals surface area contributed by atoms with E-state index in [1.807, 2.05) is 6.79 Å². The molecule has 0 aromatic heterocycles. The molecule has 0 radical (unpaired) electrons. The molecule has 3 nitrogen and oxygen atoms in total. The molecule has 0 aliphatic rings. The van der Waals surface area contributed by atoms with E-state index < -0.39 is 0 Å². The van der Waals surface area contributed by atoms with Gasteiger partial charge in [0.25, 0.3) is 0 Å². The average Bonchev–Trinajstić information content (AvgIpc) is 1.72. The van der Waals surface area contributed by atoms with Crippen molar-refractivity contribution < 1.29 is 4.79 Å². The van der Waals surface area contributed by atoms with Crippen LogP contribution in [0, 0.1) is 22.7 Å². The standard InChI is InChI=1S/C2N2.CH2O/c3-1-2-4;1-2/h;1H2. The van der Waals surface area contributed by atoms with Crippen LogP contribution < -0.4 is 0 Å². The van der Waals surface area contributed by atoms with Crippen LogP contribution in [0.25, 0.3) is 0 Å². The van der Waals surface area contributed by atoms with Crippen molar-refractivity contribution in [2.45, 2.75) is 0 Å². The highest BCUT2D eigenvalue weighted by atomic mass is 16.1. The maximum absolute atomic E-state index is 8.00. The second-order valence-corrected chi connectivity index (χ2v) is 0.224. The lowest BCUT2D eigenvalue weighted by atomic mass is 10.9. The molecule has 0 rings (SSSR count). The van der Waals surface area contributed by atoms with Crippen LogP contribution in [0.2, 0.25) is 0 Å². The summed E-state index contributed by atoms with van der Waals surface area (Å²) < 4.78 is 0. The molecule has 6 heavy (non-hydrogen) atoms. The van der Waals surface area contributed by atoms with Crippen LogP contribution >= 0.6 is 0 Å². The minimum atomic E-state index is 1.24. The molecule has 0 N–H and O–H groups in total. The summed E-state index contributed by atoms with van der Waals surface area (Å²) in [5.74, 6) is 0. The van der Waals surface area contributed by atoms with Gasteiger partial charge < -0.3 is 4.79 Å². The number of rotatable bonds is 0. The third-order valence-electron chi connectivity index (χ3n) is 0.0500. The van der Waals surface area contributed by atoms with E-state index in [0.29, 0.717) is 0 Å². The molecule has 0 aromatic carbocycles. The monoisotopic (exact) mass is 82.0 g/mol. The molecule has 0 saturated carbocycles. The van der Waals surface area contributed by atoms with Crippen molar-refractivity contribution in [3.8, 4) is 12.1 Å². The van der Waals surface area contributed by atoms with Crippen LogP contribution in [0.4, 0.5) is 0 Å². The van der Waals surface area contributed by atoms with Crippen LogP contribution in [0.15, 0.2) is 0 Å². The first-order valence-corrected chi connectivity index (χ1v) is 0.986. The van der Waals surface area contributed by atoms with Crippen LogP contribution in [0.3, 0.4) is 0 Å². The topological polar surface area (TPSA) is 64.7 Å². The minimum absolute atomic E-state index is 1.24. The molecule has 0 aliphatic carbocycles. The number of hydrogen-bond donors (Lipinski definition) is 0. The molecule has 30 valence electrons. The zero-order chi connectivity index (χ0) is 5.41. The Hall–Kier alpha value is -1.35. The van der Waals surface area contributed by atoms with Crippen molar-refractivity contribution in [2.24, 2.45) is 0 Å². The van der Waals surface area contributed by atoms with Gasteiger partial charge in [0.15, 0.2) is 12.1 Å². The minimum Gasteiger partial charge on any atom is -0.307 e. The number of hydrogen-bond acceptors (Lipinski definition) is 3. The fraction of sp³-hybridized carbons (Fsp3) is 0. The molecule has 0 fully saturated rings. The maximum atomic E-state index is 8.00. The number of nitriles is 2. The number of carbonyl (C=O) groups excluding carboxylic acids is 1. The third-order valence-corrected chi connectivity index (χ3v) is 0.0500. The van der Waals surface area contributed by atoms with E-state index in [-0.39, 0.29) is 0 Å². The van der Waals surface area contributed by atoms with Gasteiger partial charge in [0.2, 0.25) is 0 Å². The van der Waals surface area contributed by atoms with E-state index in [1.54, 1.807) is 0 Å². The molecule has 0 heterocycles. The Morgan fingerprint density at radius 2 is 1.33 bits per heavy atom. The van der Waals surface area contributed by atoms with Gasteiger partial charge in [-0.05, 0) is 0 Å². The molecule has 0 saturated heterocycles. The van der Waals surface area contributed by atoms with Crippen molar-refractivity contribution >= 4 is 6.79 Å². The van der Waals surface area contributed by atoms with Gasteiger partial charge in [0.1, 0.15) is 6.79 Å². The second kappa shape index (κ2) is 60.7. The molecule has 0 bridgehead atoms. The fourth-order valence-corrected chi connectivity index (χ4v) is 0. The van der Waals surface area contributed by atoms with Crippen molar-refractivity contribution in [2.75, 3.05) is 0 Å². The lowest BCUT2D eigenvalue weighted by Gasteiger charge is -1.16. The van der Waals surface area contributed by atoms with Gasteiger partial charge in [-0.1, -0.05) is 0 Å². The molecular formula is C3H2N2O. The number of carbonyl (C=O) groups is 1. The highest BCUT2D eigenvalue weighted by molar-refractivity contribution is 5.10. The molecule has 0 aromatic rings. The Morgan fingerprint density at radius 1 is 1.17 bits per heavy atom. The SMILES string of the molecule is C=O.N#CC#N. The second-order valence-electron chi connectivity index (χ2n) is 0.224. The highest BCUT2D eigenvalue weighted by Crippen LogP contribution is 1.27. The maximum Gasteiger partial charge on any atom is 0.181 e. The van der Waals surface area contributed by atoms with Crippen LogP contribution in [0.5, 0.6) is 0 Å². The van der Waals surface area contributed by atoms with Crippen LogP contribution in [-0.4, -0.2) is 6.79 Å². The van der Waals surface area contributed by atoms with Crippen molar-refractivity contribution in [1.29, 1.82) is 10.5 Å². The quantitative estimate of drug-likeness (QED) is 0.408. The summed E-state index contributed by atoms with van der Waals surface area (Å²) in [7, 11) is 0. The van der Waals surface area contributed by atoms with Gasteiger partial charge in [0.05, 0.1) is 0 Å². The third kappa shape index (κ3) is 58.9. The van der Waals surface area contributed by atoms with E-state index in [4.69, 9.17) is 15.3 Å². The molecular weight excluding hydrogens is 80.0 g/mol. The predicted octanol–water partition coefficient (Wildman–Crippen LogP) is -0.151. The summed E-state index contributed by atoms with van der Waals surface area (Å²) in [6.07, 6.45) is 0. The van der Waals surface area contributed by atoms with Crippen LogP contribution in [-0.2, 0) is 4.79 Å². The Labute approximate surface area is 35.4 Å². The van der Waals surface area contributed by atoms with E-state index in [0.717, 1.165) is 0 Å². The Morgan fingerprint density at radius 3 is 1.33 bits per heavy atom. The van der Waals surface area contributed by atoms with Gasteiger partial charge in [-0.25, -0.2) is 0 Å². The van der Waals surface area contributed by atoms with Crippen molar-refractivity contribution in [3.63, 3.8) is 0 Å². The van der Waals surface area contributed by atoms with E-state index in [9.17, 15) is 0 Å². The van der Waals surface area contributed by atoms with E-state index in [2.05, 4.69) is 0 Å². The first-order chi connectivity index (χ1) is 2.91. The lowest BCUT2D eigenvalue weighted by Crippen LogP contribution is -1.26. The molecule has 0 unspecified atom stereocenters. The highest BCUT2D eigenvalue weighted by Gasteiger charge is 1.39. The van der Waals surface area contributed by atoms with Crippen molar-refractivity contribution in [3.05, 3.63) is 0 Å². The molecule has 0 aliphatic heterocycles. The van der Waals surface area contributed by atoms with Gasteiger partial charge in [0, 0.05) is 0 Å². The summed E-state index contributed by atoms with van der Waals surface area (Å²) in [4.78, 5) is 8.00. The summed E-state index contributed by atoms with van der Waals surface area (Å²) >= 11 is 0. The summed E-state index contributed by atoms with van der Waals surface area (Å²) in [6.45, 7) is 2.00. The first kappa shape index (κ1) is 8.82. The van der Waals surface area contributed by atoms with Gasteiger partial charge in [-0.15, -0.1) is 0 Å². The molecule has 0 spiro atoms.